The fraction of sp³-hybridized carbons (Fsp3) is 0.429. The van der Waals surface area contributed by atoms with E-state index in [1.165, 1.54) is 0 Å². The minimum atomic E-state index is -0.515. The maximum atomic E-state index is 12.9. The molecule has 2 saturated heterocycles. The Kier molecular flexibility index (Phi) is 8.99. The molecule has 5 heterocycles. The van der Waals surface area contributed by atoms with Crippen LogP contribution >= 0.6 is 11.6 Å². The molecule has 0 aliphatic carbocycles. The lowest BCUT2D eigenvalue weighted by Crippen LogP contribution is -2.44. The van der Waals surface area contributed by atoms with Gasteiger partial charge in [0, 0.05) is 70.0 Å². The quantitative estimate of drug-likeness (QED) is 0.193. The zero-order valence-electron chi connectivity index (χ0n) is 28.6. The summed E-state index contributed by atoms with van der Waals surface area (Å²) < 4.78 is 5.10. The normalized spacial score (nSPS) is 17.8. The number of imide groups is 1. The number of aliphatic hydroxyl groups is 1. The van der Waals surface area contributed by atoms with Gasteiger partial charge in [-0.25, -0.2) is 9.78 Å². The van der Waals surface area contributed by atoms with Crippen LogP contribution in [0.15, 0.2) is 47.4 Å². The first-order chi connectivity index (χ1) is 24.0. The van der Waals surface area contributed by atoms with Gasteiger partial charge < -0.3 is 20.2 Å². The zero-order chi connectivity index (χ0) is 35.3. The number of hydrogen-bond acceptors (Lipinski definition) is 10. The van der Waals surface area contributed by atoms with E-state index in [-0.39, 0.29) is 23.5 Å². The van der Waals surface area contributed by atoms with Crippen molar-refractivity contribution >= 4 is 68.5 Å². The first kappa shape index (κ1) is 33.5. The lowest BCUT2D eigenvalue weighted by atomic mass is 9.92. The maximum absolute atomic E-state index is 12.9. The first-order valence-electron chi connectivity index (χ1n) is 16.9. The van der Waals surface area contributed by atoms with Crippen molar-refractivity contribution < 1.29 is 14.7 Å². The van der Waals surface area contributed by atoms with Gasteiger partial charge in [-0.05, 0) is 69.0 Å². The SMILES string of the molecule is C[C@@H](O)CCn1c(=O)n(C)c2ccc(Nc3nc(N(C)C4CCN(c5ccc6c(C7CCC(=O)NC7=O)nn(C)c6c5)CC4)ncc3Cl)cc21. The molecule has 2 atom stereocenters. The number of aliphatic hydroxyl groups excluding tert-OH is 1. The number of imidazole rings is 1. The van der Waals surface area contributed by atoms with Gasteiger partial charge in [0.25, 0.3) is 0 Å². The number of halogens is 1. The molecule has 0 bridgehead atoms. The highest BCUT2D eigenvalue weighted by molar-refractivity contribution is 6.33. The highest BCUT2D eigenvalue weighted by Crippen LogP contribution is 2.34. The van der Waals surface area contributed by atoms with Crippen LogP contribution in [0.5, 0.6) is 0 Å². The summed E-state index contributed by atoms with van der Waals surface area (Å²) in [5.41, 5.74) is 4.90. The van der Waals surface area contributed by atoms with E-state index in [4.69, 9.17) is 16.6 Å². The summed E-state index contributed by atoms with van der Waals surface area (Å²) in [5, 5.41) is 21.6. The fourth-order valence-electron chi connectivity index (χ4n) is 7.13. The van der Waals surface area contributed by atoms with Crippen molar-refractivity contribution in [2.75, 3.05) is 35.3 Å². The number of nitrogens with one attached hydrogen (secondary N) is 2. The molecule has 2 aromatic carbocycles. The van der Waals surface area contributed by atoms with Crippen LogP contribution in [0.4, 0.5) is 23.1 Å². The molecule has 14 nitrogen and oxygen atoms in total. The molecular formula is C35H41ClN10O4. The topological polar surface area (TPSA) is 155 Å². The number of rotatable bonds is 9. The molecular weight excluding hydrogens is 660 g/mol. The molecule has 2 aliphatic heterocycles. The Balaban J connectivity index is 1.04. The molecule has 3 N–H and O–H groups in total. The maximum Gasteiger partial charge on any atom is 0.328 e. The van der Waals surface area contributed by atoms with Crippen molar-refractivity contribution in [2.45, 2.75) is 63.6 Å². The number of carbonyl (C=O) groups excluding carboxylic acids is 2. The molecule has 50 heavy (non-hydrogen) atoms. The highest BCUT2D eigenvalue weighted by Gasteiger charge is 2.32. The Labute approximate surface area is 293 Å². The summed E-state index contributed by atoms with van der Waals surface area (Å²) in [6, 6.07) is 12.1. The van der Waals surface area contributed by atoms with Gasteiger partial charge in [-0.2, -0.15) is 10.1 Å². The van der Waals surface area contributed by atoms with E-state index in [9.17, 15) is 19.5 Å². The first-order valence-corrected chi connectivity index (χ1v) is 17.3. The number of nitrogens with zero attached hydrogens (tertiary/aromatic N) is 8. The molecule has 5 aromatic rings. The minimum absolute atomic E-state index is 0.135. The minimum Gasteiger partial charge on any atom is -0.393 e. The van der Waals surface area contributed by atoms with Crippen molar-refractivity contribution in [1.82, 2.24) is 34.2 Å². The van der Waals surface area contributed by atoms with Crippen LogP contribution in [0.2, 0.25) is 5.02 Å². The molecule has 0 saturated carbocycles. The molecule has 1 unspecified atom stereocenters. The van der Waals surface area contributed by atoms with Gasteiger partial charge in [-0.1, -0.05) is 11.6 Å². The Morgan fingerprint density at radius 1 is 1.06 bits per heavy atom. The lowest BCUT2D eigenvalue weighted by molar-refractivity contribution is -0.134. The Hall–Kier alpha value is -4.95. The van der Waals surface area contributed by atoms with Crippen molar-refractivity contribution in [3.8, 4) is 0 Å². The summed E-state index contributed by atoms with van der Waals surface area (Å²) in [4.78, 5) is 50.9. The van der Waals surface area contributed by atoms with Crippen LogP contribution in [-0.2, 0) is 30.2 Å². The molecule has 2 amide bonds. The van der Waals surface area contributed by atoms with E-state index in [1.54, 1.807) is 29.3 Å². The van der Waals surface area contributed by atoms with Gasteiger partial charge in [0.2, 0.25) is 17.8 Å². The van der Waals surface area contributed by atoms with Crippen LogP contribution in [-0.4, -0.2) is 78.1 Å². The smallest absolute Gasteiger partial charge is 0.328 e. The van der Waals surface area contributed by atoms with Crippen LogP contribution in [0, 0.1) is 0 Å². The average Bonchev–Trinajstić information content (AvgIpc) is 3.55. The van der Waals surface area contributed by atoms with Gasteiger partial charge >= 0.3 is 5.69 Å². The Bertz CT molecular complexity index is 2160. The number of amides is 2. The molecule has 0 spiro atoms. The van der Waals surface area contributed by atoms with E-state index in [1.807, 2.05) is 43.0 Å². The van der Waals surface area contributed by atoms with E-state index in [0.29, 0.717) is 48.3 Å². The molecule has 2 aliphatic rings. The third kappa shape index (κ3) is 6.29. The Morgan fingerprint density at radius 3 is 2.58 bits per heavy atom. The second-order valence-corrected chi connectivity index (χ2v) is 13.8. The number of fused-ring (bicyclic) bond motifs is 2. The predicted octanol–water partition coefficient (Wildman–Crippen LogP) is 3.81. The monoisotopic (exact) mass is 700 g/mol. The largest absolute Gasteiger partial charge is 0.393 e. The van der Waals surface area contributed by atoms with E-state index < -0.39 is 12.0 Å². The number of aromatic nitrogens is 6. The number of benzene rings is 2. The second kappa shape index (κ2) is 13.4. The van der Waals surface area contributed by atoms with Crippen LogP contribution in [0.1, 0.15) is 50.6 Å². The molecule has 262 valence electrons. The van der Waals surface area contributed by atoms with Crippen LogP contribution in [0.3, 0.4) is 0 Å². The van der Waals surface area contributed by atoms with Crippen LogP contribution < -0.4 is 26.1 Å². The predicted molar refractivity (Wildman–Crippen MR) is 193 cm³/mol. The van der Waals surface area contributed by atoms with Crippen molar-refractivity contribution in [3.05, 3.63) is 63.8 Å². The van der Waals surface area contributed by atoms with Gasteiger partial charge in [0.05, 0.1) is 40.5 Å². The summed E-state index contributed by atoms with van der Waals surface area (Å²) in [5.74, 6) is 0.0761. The van der Waals surface area contributed by atoms with Gasteiger partial charge in [-0.15, -0.1) is 0 Å². The molecule has 2 fully saturated rings. The van der Waals surface area contributed by atoms with E-state index in [2.05, 4.69) is 42.6 Å². The molecule has 0 radical (unpaired) electrons. The van der Waals surface area contributed by atoms with Crippen molar-refractivity contribution in [3.63, 3.8) is 0 Å². The lowest BCUT2D eigenvalue weighted by Gasteiger charge is -2.38. The van der Waals surface area contributed by atoms with Crippen molar-refractivity contribution in [2.24, 2.45) is 14.1 Å². The molecule has 15 heteroatoms. The second-order valence-electron chi connectivity index (χ2n) is 13.4. The van der Waals surface area contributed by atoms with Gasteiger partial charge in [0.1, 0.15) is 5.02 Å². The summed E-state index contributed by atoms with van der Waals surface area (Å²) in [7, 11) is 5.63. The summed E-state index contributed by atoms with van der Waals surface area (Å²) >= 11 is 6.56. The van der Waals surface area contributed by atoms with E-state index >= 15 is 0 Å². The Morgan fingerprint density at radius 2 is 1.84 bits per heavy atom. The number of anilines is 4. The van der Waals surface area contributed by atoms with Crippen molar-refractivity contribution in [1.29, 1.82) is 0 Å². The standard InChI is InChI=1S/C35H41ClN10O4/c1-20(47)11-16-46-29-17-21(5-9-27(29)43(3)35(46)50)38-32-26(36)19-37-34(40-32)42(2)22-12-14-45(15-13-22)23-6-7-24-28(18-23)44(4)41-31(24)25-8-10-30(48)39-33(25)49/h5-7,9,17-20,22,25,47H,8,10-16H2,1-4H3,(H,37,38,40)(H,39,48,49)/t20-,25?/m1/s1. The molecule has 7 rings (SSSR count). The van der Waals surface area contributed by atoms with Gasteiger partial charge in [0.15, 0.2) is 5.82 Å². The highest BCUT2D eigenvalue weighted by atomic mass is 35.5. The number of hydrogen-bond donors (Lipinski definition) is 3. The van der Waals surface area contributed by atoms with Crippen LogP contribution in [0.25, 0.3) is 21.9 Å². The van der Waals surface area contributed by atoms with Gasteiger partial charge in [-0.3, -0.25) is 28.7 Å². The number of piperidine rings is 2. The third-order valence-electron chi connectivity index (χ3n) is 10.0. The zero-order valence-corrected chi connectivity index (χ0v) is 29.3. The average molecular weight is 701 g/mol. The fourth-order valence-corrected chi connectivity index (χ4v) is 7.27. The summed E-state index contributed by atoms with van der Waals surface area (Å²) in [6.45, 7) is 3.79. The third-order valence-corrected chi connectivity index (χ3v) is 10.3. The number of aryl methyl sites for hydroxylation is 3. The molecule has 3 aromatic heterocycles. The summed E-state index contributed by atoms with van der Waals surface area (Å²) in [6.07, 6.45) is 4.12. The van der Waals surface area contributed by atoms with E-state index in [0.717, 1.165) is 59.2 Å². The number of carbonyl (C=O) groups is 2.